The lowest BCUT2D eigenvalue weighted by atomic mass is 10.0. The molecule has 8 heteroatoms. The molecule has 0 radical (unpaired) electrons. The van der Waals surface area contributed by atoms with Crippen LogP contribution >= 0.6 is 27.7 Å². The third kappa shape index (κ3) is 6.96. The van der Waals surface area contributed by atoms with Gasteiger partial charge in [-0.15, -0.1) is 16.8 Å². The largest absolute Gasteiger partial charge is 0.485 e. The van der Waals surface area contributed by atoms with Crippen LogP contribution < -0.4 is 10.1 Å². The second-order valence-electron chi connectivity index (χ2n) is 8.54. The SMILES string of the molecule is C=CCn1c(COc2ccc(Br)cc2C(C)C)nnc1SCC(=O)Nc1ccc(C(C)C)cc1. The lowest BCUT2D eigenvalue weighted by Gasteiger charge is -2.15. The van der Waals surface area contributed by atoms with Crippen LogP contribution in [0.25, 0.3) is 0 Å². The van der Waals surface area contributed by atoms with Gasteiger partial charge in [-0.3, -0.25) is 9.36 Å². The number of ether oxygens (including phenoxy) is 1. The van der Waals surface area contributed by atoms with Crippen LogP contribution in [0, 0.1) is 0 Å². The molecule has 0 aliphatic rings. The Balaban J connectivity index is 1.63. The minimum Gasteiger partial charge on any atom is -0.485 e. The number of rotatable bonds is 11. The summed E-state index contributed by atoms with van der Waals surface area (Å²) in [6, 6.07) is 13.9. The van der Waals surface area contributed by atoms with Crippen molar-refractivity contribution in [3.63, 3.8) is 0 Å². The van der Waals surface area contributed by atoms with E-state index in [1.807, 2.05) is 41.0 Å². The fraction of sp³-hybridized carbons (Fsp3) is 0.346. The maximum Gasteiger partial charge on any atom is 0.234 e. The number of benzene rings is 2. The van der Waals surface area contributed by atoms with Gasteiger partial charge in [0.05, 0.1) is 5.75 Å². The number of thioether (sulfide) groups is 1. The normalized spacial score (nSPS) is 11.1. The lowest BCUT2D eigenvalue weighted by molar-refractivity contribution is -0.113. The molecule has 0 aliphatic heterocycles. The number of nitrogens with one attached hydrogen (secondary N) is 1. The quantitative estimate of drug-likeness (QED) is 0.213. The molecule has 2 aromatic carbocycles. The van der Waals surface area contributed by atoms with Gasteiger partial charge >= 0.3 is 0 Å². The summed E-state index contributed by atoms with van der Waals surface area (Å²) < 4.78 is 9.05. The van der Waals surface area contributed by atoms with Gasteiger partial charge in [-0.2, -0.15) is 0 Å². The number of nitrogens with zero attached hydrogens (tertiary/aromatic N) is 3. The highest BCUT2D eigenvalue weighted by molar-refractivity contribution is 9.10. The summed E-state index contributed by atoms with van der Waals surface area (Å²) in [6.07, 6.45) is 1.78. The number of carbonyl (C=O) groups is 1. The first-order valence-corrected chi connectivity index (χ1v) is 13.0. The van der Waals surface area contributed by atoms with Crippen molar-refractivity contribution in [2.45, 2.75) is 57.8 Å². The molecule has 0 atom stereocenters. The van der Waals surface area contributed by atoms with Gasteiger partial charge < -0.3 is 10.1 Å². The van der Waals surface area contributed by atoms with Gasteiger partial charge in [-0.25, -0.2) is 0 Å². The first kappa shape index (κ1) is 26.0. The third-order valence-electron chi connectivity index (χ3n) is 5.25. The summed E-state index contributed by atoms with van der Waals surface area (Å²) in [4.78, 5) is 12.5. The number of aromatic nitrogens is 3. The van der Waals surface area contributed by atoms with Crippen molar-refractivity contribution in [2.75, 3.05) is 11.1 Å². The molecule has 3 aromatic rings. The van der Waals surface area contributed by atoms with Crippen molar-refractivity contribution >= 4 is 39.3 Å². The van der Waals surface area contributed by atoms with Crippen molar-refractivity contribution in [1.29, 1.82) is 0 Å². The second kappa shape index (κ2) is 12.2. The molecule has 0 bridgehead atoms. The minimum absolute atomic E-state index is 0.0929. The third-order valence-corrected chi connectivity index (χ3v) is 6.71. The van der Waals surface area contributed by atoms with Gasteiger partial charge in [0.1, 0.15) is 12.4 Å². The molecule has 180 valence electrons. The van der Waals surface area contributed by atoms with E-state index in [-0.39, 0.29) is 18.3 Å². The second-order valence-corrected chi connectivity index (χ2v) is 10.4. The average Bonchev–Trinajstić information content (AvgIpc) is 3.18. The summed E-state index contributed by atoms with van der Waals surface area (Å²) in [7, 11) is 0. The predicted molar refractivity (Wildman–Crippen MR) is 143 cm³/mol. The van der Waals surface area contributed by atoms with E-state index in [0.717, 1.165) is 21.5 Å². The summed E-state index contributed by atoms with van der Waals surface area (Å²) in [6.45, 7) is 13.2. The van der Waals surface area contributed by atoms with Crippen molar-refractivity contribution in [2.24, 2.45) is 0 Å². The monoisotopic (exact) mass is 542 g/mol. The van der Waals surface area contributed by atoms with Crippen LogP contribution in [0.1, 0.15) is 56.5 Å². The number of hydrogen-bond acceptors (Lipinski definition) is 5. The molecule has 3 rings (SSSR count). The smallest absolute Gasteiger partial charge is 0.234 e. The Labute approximate surface area is 214 Å². The Hall–Kier alpha value is -2.58. The summed E-state index contributed by atoms with van der Waals surface area (Å²) in [5.41, 5.74) is 3.15. The molecule has 1 aromatic heterocycles. The fourth-order valence-electron chi connectivity index (χ4n) is 3.37. The lowest BCUT2D eigenvalue weighted by Crippen LogP contribution is -2.15. The molecule has 1 heterocycles. The molecular weight excluding hydrogens is 512 g/mol. The van der Waals surface area contributed by atoms with Gasteiger partial charge in [0.25, 0.3) is 0 Å². The first-order valence-electron chi connectivity index (χ1n) is 11.3. The molecule has 0 aliphatic carbocycles. The Kier molecular flexibility index (Phi) is 9.36. The molecule has 6 nitrogen and oxygen atoms in total. The van der Waals surface area contributed by atoms with E-state index in [2.05, 4.69) is 71.8 Å². The van der Waals surface area contributed by atoms with Gasteiger partial charge in [0.2, 0.25) is 5.91 Å². The summed E-state index contributed by atoms with van der Waals surface area (Å²) in [5, 5.41) is 12.2. The Morgan fingerprint density at radius 3 is 2.53 bits per heavy atom. The van der Waals surface area contributed by atoms with E-state index < -0.39 is 0 Å². The van der Waals surface area contributed by atoms with Gasteiger partial charge in [0, 0.05) is 16.7 Å². The molecule has 0 unspecified atom stereocenters. The van der Waals surface area contributed by atoms with E-state index in [4.69, 9.17) is 4.74 Å². The van der Waals surface area contributed by atoms with E-state index >= 15 is 0 Å². The number of hydrogen-bond donors (Lipinski definition) is 1. The van der Waals surface area contributed by atoms with Gasteiger partial charge in [-0.1, -0.05) is 73.6 Å². The predicted octanol–water partition coefficient (Wildman–Crippen LogP) is 6.78. The average molecular weight is 544 g/mol. The zero-order chi connectivity index (χ0) is 24.7. The van der Waals surface area contributed by atoms with Crippen LogP contribution in [-0.2, 0) is 17.9 Å². The highest BCUT2D eigenvalue weighted by Gasteiger charge is 2.16. The van der Waals surface area contributed by atoms with Crippen molar-refractivity contribution in [3.05, 3.63) is 76.5 Å². The topological polar surface area (TPSA) is 69.0 Å². The number of halogens is 1. The van der Waals surface area contributed by atoms with E-state index in [1.165, 1.54) is 17.3 Å². The molecule has 0 saturated carbocycles. The first-order chi connectivity index (χ1) is 16.3. The zero-order valence-electron chi connectivity index (χ0n) is 20.0. The van der Waals surface area contributed by atoms with E-state index in [9.17, 15) is 4.79 Å². The summed E-state index contributed by atoms with van der Waals surface area (Å²) in [5.74, 6) is 2.42. The van der Waals surface area contributed by atoms with Crippen molar-refractivity contribution in [1.82, 2.24) is 14.8 Å². The molecule has 1 amide bonds. The van der Waals surface area contributed by atoms with Crippen LogP contribution in [-0.4, -0.2) is 26.4 Å². The maximum atomic E-state index is 12.5. The number of allylic oxidation sites excluding steroid dienone is 1. The van der Waals surface area contributed by atoms with Crippen LogP contribution in [0.2, 0.25) is 0 Å². The molecular formula is C26H31BrN4O2S. The standard InChI is InChI=1S/C26H31BrN4O2S/c1-6-13-31-24(15-33-23-12-9-20(27)14-22(23)18(4)5)29-30-26(31)34-16-25(32)28-21-10-7-19(8-11-21)17(2)3/h6-12,14,17-18H,1,13,15-16H2,2-5H3,(H,28,32). The maximum absolute atomic E-state index is 12.5. The van der Waals surface area contributed by atoms with E-state index in [1.54, 1.807) is 6.08 Å². The highest BCUT2D eigenvalue weighted by Crippen LogP contribution is 2.30. The zero-order valence-corrected chi connectivity index (χ0v) is 22.4. The van der Waals surface area contributed by atoms with Crippen LogP contribution in [0.4, 0.5) is 5.69 Å². The molecule has 34 heavy (non-hydrogen) atoms. The summed E-state index contributed by atoms with van der Waals surface area (Å²) >= 11 is 4.87. The number of carbonyl (C=O) groups excluding carboxylic acids is 1. The minimum atomic E-state index is -0.0929. The van der Waals surface area contributed by atoms with Gasteiger partial charge in [0.15, 0.2) is 11.0 Å². The molecule has 0 fully saturated rings. The van der Waals surface area contributed by atoms with E-state index in [0.29, 0.717) is 29.4 Å². The molecule has 1 N–H and O–H groups in total. The van der Waals surface area contributed by atoms with Crippen molar-refractivity contribution < 1.29 is 9.53 Å². The van der Waals surface area contributed by atoms with Crippen LogP contribution in [0.5, 0.6) is 5.75 Å². The highest BCUT2D eigenvalue weighted by atomic mass is 79.9. The molecule has 0 saturated heterocycles. The Morgan fingerprint density at radius 1 is 1.15 bits per heavy atom. The van der Waals surface area contributed by atoms with Crippen LogP contribution in [0.15, 0.2) is 64.7 Å². The van der Waals surface area contributed by atoms with Crippen molar-refractivity contribution in [3.8, 4) is 5.75 Å². The Bertz CT molecular complexity index is 1130. The number of amides is 1. The van der Waals surface area contributed by atoms with Gasteiger partial charge in [-0.05, 0) is 53.3 Å². The molecule has 0 spiro atoms. The Morgan fingerprint density at radius 2 is 1.88 bits per heavy atom. The fourth-order valence-corrected chi connectivity index (χ4v) is 4.51. The van der Waals surface area contributed by atoms with Crippen LogP contribution in [0.3, 0.4) is 0 Å². The number of anilines is 1.